The number of hydrogen-bond acceptors (Lipinski definition) is 2. The molecular weight excluding hydrogens is 244 g/mol. The molecule has 0 aromatic heterocycles. The van der Waals surface area contributed by atoms with Gasteiger partial charge in [-0.2, -0.15) is 0 Å². The molecule has 0 saturated heterocycles. The predicted octanol–water partition coefficient (Wildman–Crippen LogP) is 2.46. The number of carboxylic acid groups (broad SMARTS) is 1. The third-order valence-corrected chi connectivity index (χ3v) is 4.06. The average molecular weight is 270 g/mol. The van der Waals surface area contributed by atoms with Crippen molar-refractivity contribution < 1.29 is 14.7 Å². The molecule has 0 aromatic rings. The predicted molar refractivity (Wildman–Crippen MR) is 74.1 cm³/mol. The zero-order valence-electron chi connectivity index (χ0n) is 12.2. The summed E-state index contributed by atoms with van der Waals surface area (Å²) in [4.78, 5) is 24.6. The molecule has 1 aliphatic carbocycles. The molecule has 5 heteroatoms. The van der Waals surface area contributed by atoms with Gasteiger partial charge in [0.25, 0.3) is 0 Å². The minimum absolute atomic E-state index is 0.284. The Labute approximate surface area is 115 Å². The van der Waals surface area contributed by atoms with E-state index in [0.717, 1.165) is 12.3 Å². The lowest BCUT2D eigenvalue weighted by Gasteiger charge is -2.34. The van der Waals surface area contributed by atoms with Crippen LogP contribution in [0.5, 0.6) is 0 Å². The first kappa shape index (κ1) is 15.8. The quantitative estimate of drug-likeness (QED) is 0.779. The molecule has 5 nitrogen and oxygen atoms in total. The van der Waals surface area contributed by atoms with Crippen LogP contribution in [0.3, 0.4) is 0 Å². The summed E-state index contributed by atoms with van der Waals surface area (Å²) in [7, 11) is 0. The third-order valence-electron chi connectivity index (χ3n) is 4.06. The molecule has 1 saturated carbocycles. The number of carboxylic acids is 1. The Kier molecular flexibility index (Phi) is 5.63. The largest absolute Gasteiger partial charge is 0.480 e. The fraction of sp³-hybridized carbons (Fsp3) is 0.857. The van der Waals surface area contributed by atoms with Gasteiger partial charge in [-0.05, 0) is 33.1 Å². The molecule has 110 valence electrons. The summed E-state index contributed by atoms with van der Waals surface area (Å²) in [5.41, 5.74) is -1.17. The van der Waals surface area contributed by atoms with Crippen LogP contribution in [0.25, 0.3) is 0 Å². The maximum atomic E-state index is 12.1. The summed E-state index contributed by atoms with van der Waals surface area (Å²) in [6.45, 7) is 5.91. The minimum Gasteiger partial charge on any atom is -0.480 e. The number of amides is 2. The molecule has 0 heterocycles. The number of rotatable bonds is 6. The molecule has 0 spiro atoms. The Balaban J connectivity index is 2.43. The van der Waals surface area contributed by atoms with E-state index in [1.807, 2.05) is 0 Å². The summed E-state index contributed by atoms with van der Waals surface area (Å²) in [6.07, 6.45) is 6.11. The molecule has 0 bridgehead atoms. The summed E-state index contributed by atoms with van der Waals surface area (Å²) in [5.74, 6) is -0.261. The van der Waals surface area contributed by atoms with Crippen LogP contribution in [-0.4, -0.2) is 40.6 Å². The topological polar surface area (TPSA) is 69.6 Å². The monoisotopic (exact) mass is 270 g/mol. The Bertz CT molecular complexity index is 323. The van der Waals surface area contributed by atoms with Crippen LogP contribution in [0.15, 0.2) is 0 Å². The van der Waals surface area contributed by atoms with Crippen LogP contribution in [0, 0.1) is 5.92 Å². The van der Waals surface area contributed by atoms with Crippen LogP contribution >= 0.6 is 0 Å². The van der Waals surface area contributed by atoms with Gasteiger partial charge in [0.15, 0.2) is 0 Å². The lowest BCUT2D eigenvalue weighted by Crippen LogP contribution is -2.56. The number of nitrogens with one attached hydrogen (secondary N) is 1. The Hall–Kier alpha value is -1.26. The first-order valence-electron chi connectivity index (χ1n) is 7.18. The third kappa shape index (κ3) is 4.11. The maximum absolute atomic E-state index is 12.1. The smallest absolute Gasteiger partial charge is 0.329 e. The van der Waals surface area contributed by atoms with Gasteiger partial charge in [0.05, 0.1) is 0 Å². The number of hydrogen-bond donors (Lipinski definition) is 2. The number of carbonyl (C=O) groups is 2. The normalized spacial score (nSPS) is 16.4. The van der Waals surface area contributed by atoms with E-state index in [0.29, 0.717) is 13.1 Å². The highest BCUT2D eigenvalue weighted by Crippen LogP contribution is 2.27. The van der Waals surface area contributed by atoms with E-state index >= 15 is 0 Å². The molecule has 1 fully saturated rings. The minimum atomic E-state index is -1.17. The van der Waals surface area contributed by atoms with Crippen LogP contribution < -0.4 is 5.32 Å². The molecule has 0 aromatic carbocycles. The molecule has 0 atom stereocenters. The van der Waals surface area contributed by atoms with Gasteiger partial charge in [0, 0.05) is 13.1 Å². The number of likely N-dealkylation sites (N-methyl/N-ethyl adjacent to an activating group) is 1. The van der Waals surface area contributed by atoms with Gasteiger partial charge in [0.1, 0.15) is 5.54 Å². The van der Waals surface area contributed by atoms with Crippen LogP contribution in [0.2, 0.25) is 0 Å². The molecule has 1 aliphatic rings. The molecular formula is C14H26N2O3. The van der Waals surface area contributed by atoms with Crippen molar-refractivity contribution in [1.29, 1.82) is 0 Å². The van der Waals surface area contributed by atoms with Crippen LogP contribution in [-0.2, 0) is 4.79 Å². The zero-order chi connectivity index (χ0) is 14.5. The molecule has 0 unspecified atom stereocenters. The first-order chi connectivity index (χ1) is 8.89. The molecule has 1 rings (SSSR count). The van der Waals surface area contributed by atoms with Gasteiger partial charge >= 0.3 is 12.0 Å². The van der Waals surface area contributed by atoms with Crippen molar-refractivity contribution >= 4 is 12.0 Å². The SMILES string of the molecule is CCN(C(=O)NCCC1CCCC1)C(C)(C)C(=O)O. The van der Waals surface area contributed by atoms with Gasteiger partial charge < -0.3 is 15.3 Å². The summed E-state index contributed by atoms with van der Waals surface area (Å²) in [6, 6.07) is -0.284. The van der Waals surface area contributed by atoms with Crippen molar-refractivity contribution in [3.63, 3.8) is 0 Å². The van der Waals surface area contributed by atoms with E-state index in [9.17, 15) is 9.59 Å². The van der Waals surface area contributed by atoms with Crippen LogP contribution in [0.1, 0.15) is 52.9 Å². The molecule has 0 aliphatic heterocycles. The fourth-order valence-corrected chi connectivity index (χ4v) is 2.69. The second-order valence-electron chi connectivity index (χ2n) is 5.78. The molecule has 2 N–H and O–H groups in total. The second kappa shape index (κ2) is 6.78. The number of aliphatic carboxylic acids is 1. The fourth-order valence-electron chi connectivity index (χ4n) is 2.69. The summed E-state index contributed by atoms with van der Waals surface area (Å²) in [5, 5.41) is 12.0. The highest BCUT2D eigenvalue weighted by atomic mass is 16.4. The van der Waals surface area contributed by atoms with E-state index in [1.54, 1.807) is 20.8 Å². The highest BCUT2D eigenvalue weighted by Gasteiger charge is 2.36. The van der Waals surface area contributed by atoms with Crippen molar-refractivity contribution in [2.45, 2.75) is 58.4 Å². The summed E-state index contributed by atoms with van der Waals surface area (Å²) >= 11 is 0. The van der Waals surface area contributed by atoms with Gasteiger partial charge in [-0.1, -0.05) is 25.7 Å². The maximum Gasteiger partial charge on any atom is 0.329 e. The lowest BCUT2D eigenvalue weighted by atomic mass is 10.0. The second-order valence-corrected chi connectivity index (χ2v) is 5.78. The van der Waals surface area contributed by atoms with E-state index in [-0.39, 0.29) is 6.03 Å². The molecule has 19 heavy (non-hydrogen) atoms. The van der Waals surface area contributed by atoms with Gasteiger partial charge in [-0.25, -0.2) is 9.59 Å². The van der Waals surface area contributed by atoms with E-state index in [4.69, 9.17) is 5.11 Å². The van der Waals surface area contributed by atoms with Gasteiger partial charge in [-0.15, -0.1) is 0 Å². The first-order valence-corrected chi connectivity index (χ1v) is 7.18. The highest BCUT2D eigenvalue weighted by molar-refractivity contribution is 5.85. The number of nitrogens with zero attached hydrogens (tertiary/aromatic N) is 1. The van der Waals surface area contributed by atoms with Crippen molar-refractivity contribution in [2.75, 3.05) is 13.1 Å². The van der Waals surface area contributed by atoms with Gasteiger partial charge in [0.2, 0.25) is 0 Å². The Morgan fingerprint density at radius 3 is 2.37 bits per heavy atom. The van der Waals surface area contributed by atoms with Crippen LogP contribution in [0.4, 0.5) is 4.79 Å². The molecule has 0 radical (unpaired) electrons. The zero-order valence-corrected chi connectivity index (χ0v) is 12.2. The number of carbonyl (C=O) groups excluding carboxylic acids is 1. The Morgan fingerprint density at radius 2 is 1.89 bits per heavy atom. The number of urea groups is 1. The van der Waals surface area contributed by atoms with E-state index < -0.39 is 11.5 Å². The van der Waals surface area contributed by atoms with E-state index in [1.165, 1.54) is 30.6 Å². The van der Waals surface area contributed by atoms with Crippen molar-refractivity contribution in [2.24, 2.45) is 5.92 Å². The van der Waals surface area contributed by atoms with E-state index in [2.05, 4.69) is 5.32 Å². The average Bonchev–Trinajstić information content (AvgIpc) is 2.82. The summed E-state index contributed by atoms with van der Waals surface area (Å²) < 4.78 is 0. The molecule has 2 amide bonds. The van der Waals surface area contributed by atoms with Crippen molar-refractivity contribution in [1.82, 2.24) is 10.2 Å². The van der Waals surface area contributed by atoms with Crippen molar-refractivity contribution in [3.8, 4) is 0 Å². The Morgan fingerprint density at radius 1 is 1.32 bits per heavy atom. The standard InChI is InChI=1S/C14H26N2O3/c1-4-16(14(2,3)12(17)18)13(19)15-10-9-11-7-5-6-8-11/h11H,4-10H2,1-3H3,(H,15,19)(H,17,18). The van der Waals surface area contributed by atoms with Crippen molar-refractivity contribution in [3.05, 3.63) is 0 Å². The lowest BCUT2D eigenvalue weighted by molar-refractivity contribution is -0.147. The van der Waals surface area contributed by atoms with Gasteiger partial charge in [-0.3, -0.25) is 0 Å².